The molecular formula is C19H31N5O3. The number of hydrogen-bond acceptors (Lipinski definition) is 7. The minimum atomic E-state index is -0.556. The fourth-order valence-electron chi connectivity index (χ4n) is 4.15. The summed E-state index contributed by atoms with van der Waals surface area (Å²) in [4.78, 5) is 20.6. The van der Waals surface area contributed by atoms with E-state index in [2.05, 4.69) is 20.6 Å². The van der Waals surface area contributed by atoms with E-state index in [-0.39, 0.29) is 24.1 Å². The Kier molecular flexibility index (Phi) is 6.84. The largest absolute Gasteiger partial charge is 0.396 e. The van der Waals surface area contributed by atoms with Crippen molar-refractivity contribution in [2.45, 2.75) is 70.1 Å². The number of nitrogens with one attached hydrogen (secondary N) is 2. The number of hydrogen-bond donors (Lipinski definition) is 4. The first-order chi connectivity index (χ1) is 13.1. The molecule has 0 unspecified atom stereocenters. The quantitative estimate of drug-likeness (QED) is 0.546. The highest BCUT2D eigenvalue weighted by atomic mass is 16.5. The molecule has 0 saturated heterocycles. The zero-order valence-electron chi connectivity index (χ0n) is 16.0. The third-order valence-corrected chi connectivity index (χ3v) is 5.68. The molecule has 150 valence electrons. The van der Waals surface area contributed by atoms with Crippen LogP contribution in [0.4, 0.5) is 11.8 Å². The number of aliphatic hydroxyl groups is 1. The summed E-state index contributed by atoms with van der Waals surface area (Å²) in [5, 5.41) is 16.2. The van der Waals surface area contributed by atoms with Crippen LogP contribution in [-0.2, 0) is 4.74 Å². The second-order valence-corrected chi connectivity index (χ2v) is 7.52. The van der Waals surface area contributed by atoms with E-state index in [0.29, 0.717) is 23.9 Å². The van der Waals surface area contributed by atoms with E-state index in [1.807, 2.05) is 6.92 Å². The summed E-state index contributed by atoms with van der Waals surface area (Å²) in [6.45, 7) is 2.91. The molecule has 0 spiro atoms. The van der Waals surface area contributed by atoms with Crippen LogP contribution in [0.3, 0.4) is 0 Å². The van der Waals surface area contributed by atoms with Gasteiger partial charge in [-0.2, -0.15) is 4.98 Å². The minimum absolute atomic E-state index is 0.0949. The number of primary amides is 1. The highest BCUT2D eigenvalue weighted by Crippen LogP contribution is 2.29. The average Bonchev–Trinajstić information content (AvgIpc) is 3.11. The van der Waals surface area contributed by atoms with E-state index in [4.69, 9.17) is 10.5 Å². The van der Waals surface area contributed by atoms with Crippen molar-refractivity contribution in [1.29, 1.82) is 0 Å². The molecule has 3 rings (SSSR count). The number of anilines is 2. The van der Waals surface area contributed by atoms with Crippen molar-refractivity contribution < 1.29 is 14.6 Å². The Morgan fingerprint density at radius 3 is 2.70 bits per heavy atom. The van der Waals surface area contributed by atoms with Crippen LogP contribution in [0.15, 0.2) is 6.20 Å². The molecule has 27 heavy (non-hydrogen) atoms. The molecule has 2 aliphatic carbocycles. The van der Waals surface area contributed by atoms with Gasteiger partial charge < -0.3 is 26.2 Å². The van der Waals surface area contributed by atoms with E-state index in [1.165, 1.54) is 6.20 Å². The fourth-order valence-corrected chi connectivity index (χ4v) is 4.15. The molecule has 8 nitrogen and oxygen atoms in total. The molecule has 2 atom stereocenters. The van der Waals surface area contributed by atoms with Crippen molar-refractivity contribution in [3.8, 4) is 0 Å². The molecule has 2 fully saturated rings. The summed E-state index contributed by atoms with van der Waals surface area (Å²) in [5.74, 6) is 0.569. The summed E-state index contributed by atoms with van der Waals surface area (Å²) in [6, 6.07) is 0.392. The van der Waals surface area contributed by atoms with Gasteiger partial charge in [-0.3, -0.25) is 4.79 Å². The van der Waals surface area contributed by atoms with E-state index in [0.717, 1.165) is 51.6 Å². The number of nitrogens with zero attached hydrogens (tertiary/aromatic N) is 2. The molecule has 8 heteroatoms. The van der Waals surface area contributed by atoms with Gasteiger partial charge in [0, 0.05) is 37.4 Å². The van der Waals surface area contributed by atoms with Gasteiger partial charge in [0.25, 0.3) is 5.91 Å². The lowest BCUT2D eigenvalue weighted by molar-refractivity contribution is 0.0346. The topological polar surface area (TPSA) is 122 Å². The van der Waals surface area contributed by atoms with Gasteiger partial charge in [0.15, 0.2) is 0 Å². The molecule has 1 aromatic heterocycles. The summed E-state index contributed by atoms with van der Waals surface area (Å²) in [7, 11) is 0. The van der Waals surface area contributed by atoms with E-state index in [9.17, 15) is 9.90 Å². The Labute approximate surface area is 160 Å². The highest BCUT2D eigenvalue weighted by molar-refractivity contribution is 5.97. The van der Waals surface area contributed by atoms with Crippen molar-refractivity contribution in [2.75, 3.05) is 23.8 Å². The fraction of sp³-hybridized carbons (Fsp3) is 0.737. The van der Waals surface area contributed by atoms with Crippen molar-refractivity contribution >= 4 is 17.7 Å². The lowest BCUT2D eigenvalue weighted by Crippen LogP contribution is -2.31. The van der Waals surface area contributed by atoms with Crippen molar-refractivity contribution in [2.24, 2.45) is 11.7 Å². The second-order valence-electron chi connectivity index (χ2n) is 7.52. The number of ether oxygens (including phenoxy) is 1. The maximum atomic E-state index is 11.8. The van der Waals surface area contributed by atoms with Crippen LogP contribution in [0.2, 0.25) is 0 Å². The lowest BCUT2D eigenvalue weighted by Gasteiger charge is -2.29. The van der Waals surface area contributed by atoms with Crippen LogP contribution in [0.1, 0.15) is 62.2 Å². The number of aromatic nitrogens is 2. The molecule has 0 aromatic carbocycles. The second kappa shape index (κ2) is 9.32. The number of amides is 1. The van der Waals surface area contributed by atoms with Gasteiger partial charge in [-0.05, 0) is 45.4 Å². The molecule has 5 N–H and O–H groups in total. The molecule has 1 amide bonds. The molecule has 2 saturated carbocycles. The molecule has 2 aliphatic rings. The van der Waals surface area contributed by atoms with Gasteiger partial charge in [-0.25, -0.2) is 4.98 Å². The van der Waals surface area contributed by atoms with Crippen molar-refractivity contribution in [1.82, 2.24) is 9.97 Å². The maximum absolute atomic E-state index is 11.8. The number of carbonyl (C=O) groups excluding carboxylic acids is 1. The third-order valence-electron chi connectivity index (χ3n) is 5.68. The first kappa shape index (κ1) is 19.8. The monoisotopic (exact) mass is 377 g/mol. The molecule has 1 heterocycles. The van der Waals surface area contributed by atoms with Crippen LogP contribution in [0.25, 0.3) is 0 Å². The number of rotatable bonds is 8. The smallest absolute Gasteiger partial charge is 0.254 e. The van der Waals surface area contributed by atoms with Gasteiger partial charge in [-0.15, -0.1) is 0 Å². The van der Waals surface area contributed by atoms with Crippen LogP contribution in [0.5, 0.6) is 0 Å². The van der Waals surface area contributed by atoms with Gasteiger partial charge in [-0.1, -0.05) is 6.42 Å². The Morgan fingerprint density at radius 1 is 1.26 bits per heavy atom. The summed E-state index contributed by atoms with van der Waals surface area (Å²) in [6.07, 6.45) is 8.85. The molecular weight excluding hydrogens is 346 g/mol. The van der Waals surface area contributed by atoms with Crippen LogP contribution < -0.4 is 16.4 Å². The molecule has 0 bridgehead atoms. The van der Waals surface area contributed by atoms with Gasteiger partial charge >= 0.3 is 0 Å². The Balaban J connectivity index is 1.67. The average molecular weight is 377 g/mol. The SMILES string of the molecule is CCO[C@H]1CC[C@H](Nc2ncc(C(N)=O)c(N[C@@H]3CCC[C@H]3CO)n2)CC1. The standard InChI is InChI=1S/C19H31N5O3/c1-2-27-14-8-6-13(7-9-14)22-19-21-10-15(17(20)26)18(24-19)23-16-5-3-4-12(16)11-25/h10,12-14,16,25H,2-9,11H2,1H3,(H2,20,26)(H2,21,22,23,24)/t12-,13-,14-,16+/m0/s1. The Morgan fingerprint density at radius 2 is 2.04 bits per heavy atom. The summed E-state index contributed by atoms with van der Waals surface area (Å²) >= 11 is 0. The highest BCUT2D eigenvalue weighted by Gasteiger charge is 2.28. The summed E-state index contributed by atoms with van der Waals surface area (Å²) in [5.41, 5.74) is 5.77. The zero-order chi connectivity index (χ0) is 19.2. The van der Waals surface area contributed by atoms with Crippen molar-refractivity contribution in [3.05, 3.63) is 11.8 Å². The number of nitrogens with two attached hydrogens (primary N) is 1. The third kappa shape index (κ3) is 5.07. The first-order valence-electron chi connectivity index (χ1n) is 10.0. The molecule has 1 aromatic rings. The van der Waals surface area contributed by atoms with Crippen molar-refractivity contribution in [3.63, 3.8) is 0 Å². The molecule has 0 aliphatic heterocycles. The van der Waals surface area contributed by atoms with Gasteiger partial charge in [0.2, 0.25) is 5.95 Å². The van der Waals surface area contributed by atoms with Gasteiger partial charge in [0.05, 0.1) is 11.7 Å². The van der Waals surface area contributed by atoms with E-state index >= 15 is 0 Å². The Hall–Kier alpha value is -1.93. The predicted octanol–water partition coefficient (Wildman–Crippen LogP) is 1.91. The maximum Gasteiger partial charge on any atom is 0.254 e. The first-order valence-corrected chi connectivity index (χ1v) is 10.0. The normalized spacial score (nSPS) is 28.1. The van der Waals surface area contributed by atoms with Crippen LogP contribution in [0, 0.1) is 5.92 Å². The predicted molar refractivity (Wildman–Crippen MR) is 104 cm³/mol. The Bertz CT molecular complexity index is 634. The van der Waals surface area contributed by atoms with E-state index in [1.54, 1.807) is 0 Å². The zero-order valence-corrected chi connectivity index (χ0v) is 16.0. The van der Waals surface area contributed by atoms with Crippen LogP contribution in [-0.4, -0.2) is 52.4 Å². The number of carbonyl (C=O) groups is 1. The lowest BCUT2D eigenvalue weighted by atomic mass is 9.93. The summed E-state index contributed by atoms with van der Waals surface area (Å²) < 4.78 is 5.70. The van der Waals surface area contributed by atoms with E-state index < -0.39 is 5.91 Å². The number of aliphatic hydroxyl groups excluding tert-OH is 1. The minimum Gasteiger partial charge on any atom is -0.396 e. The van der Waals surface area contributed by atoms with Crippen LogP contribution >= 0.6 is 0 Å². The van der Waals surface area contributed by atoms with Gasteiger partial charge in [0.1, 0.15) is 5.82 Å². The molecule has 0 radical (unpaired) electrons.